The molecule has 0 unspecified atom stereocenters. The highest BCUT2D eigenvalue weighted by atomic mass is 16.5. The van der Waals surface area contributed by atoms with Crippen molar-refractivity contribution < 1.29 is 19.7 Å². The molecule has 0 heterocycles. The topological polar surface area (TPSA) is 66.8 Å². The molecule has 0 aliphatic heterocycles. The first-order valence-electron chi connectivity index (χ1n) is 7.49. The first-order chi connectivity index (χ1) is 11.6. The van der Waals surface area contributed by atoms with Crippen LogP contribution < -0.4 is 4.74 Å². The molecular formula is C20H16O4. The number of rotatable bonds is 4. The Hall–Kier alpha value is -3.27. The fraction of sp³-hybridized carbons (Fsp3) is 0.0500. The quantitative estimate of drug-likeness (QED) is 0.565. The van der Waals surface area contributed by atoms with Crippen LogP contribution >= 0.6 is 0 Å². The maximum atomic E-state index is 12.3. The second-order valence-electron chi connectivity index (χ2n) is 5.40. The smallest absolute Gasteiger partial charge is 0.347 e. The van der Waals surface area contributed by atoms with Gasteiger partial charge in [0.2, 0.25) is 0 Å². The van der Waals surface area contributed by atoms with Crippen molar-refractivity contribution in [2.75, 3.05) is 0 Å². The van der Waals surface area contributed by atoms with Gasteiger partial charge in [0.15, 0.2) is 0 Å². The summed E-state index contributed by atoms with van der Waals surface area (Å²) in [4.78, 5) is 12.3. The number of para-hydroxylation sites is 1. The van der Waals surface area contributed by atoms with Crippen molar-refractivity contribution in [1.29, 1.82) is 0 Å². The molecule has 3 rings (SSSR count). The molecule has 120 valence electrons. The minimum atomic E-state index is -0.614. The summed E-state index contributed by atoms with van der Waals surface area (Å²) in [7, 11) is 0. The summed E-state index contributed by atoms with van der Waals surface area (Å²) in [6.45, 7) is 0. The summed E-state index contributed by atoms with van der Waals surface area (Å²) in [6.07, 6.45) is 0.528. The summed E-state index contributed by atoms with van der Waals surface area (Å²) in [5.41, 5.74) is 1.85. The Morgan fingerprint density at radius 3 is 2.33 bits per heavy atom. The van der Waals surface area contributed by atoms with Gasteiger partial charge >= 0.3 is 5.97 Å². The minimum absolute atomic E-state index is 0.108. The SMILES string of the molecule is O=C(Oc1ccccc1)c1cc(Cc2cccc(O)c2)ccc1O. The van der Waals surface area contributed by atoms with E-state index >= 15 is 0 Å². The van der Waals surface area contributed by atoms with Crippen LogP contribution in [0.15, 0.2) is 72.8 Å². The van der Waals surface area contributed by atoms with Crippen LogP contribution in [-0.2, 0) is 6.42 Å². The fourth-order valence-electron chi connectivity index (χ4n) is 2.41. The van der Waals surface area contributed by atoms with E-state index in [1.165, 1.54) is 6.07 Å². The number of hydrogen-bond acceptors (Lipinski definition) is 4. The van der Waals surface area contributed by atoms with E-state index in [0.717, 1.165) is 11.1 Å². The number of esters is 1. The van der Waals surface area contributed by atoms with E-state index < -0.39 is 5.97 Å². The number of hydrogen-bond donors (Lipinski definition) is 2. The lowest BCUT2D eigenvalue weighted by molar-refractivity contribution is 0.0731. The van der Waals surface area contributed by atoms with Crippen molar-refractivity contribution in [3.8, 4) is 17.2 Å². The van der Waals surface area contributed by atoms with Gasteiger partial charge < -0.3 is 14.9 Å². The van der Waals surface area contributed by atoms with Gasteiger partial charge in [-0.3, -0.25) is 0 Å². The second-order valence-corrected chi connectivity index (χ2v) is 5.40. The zero-order valence-corrected chi connectivity index (χ0v) is 12.8. The predicted molar refractivity (Wildman–Crippen MR) is 90.4 cm³/mol. The van der Waals surface area contributed by atoms with Crippen molar-refractivity contribution in [2.24, 2.45) is 0 Å². The first-order valence-corrected chi connectivity index (χ1v) is 7.49. The Morgan fingerprint density at radius 2 is 1.58 bits per heavy atom. The number of benzene rings is 3. The summed E-state index contributed by atoms with van der Waals surface area (Å²) < 4.78 is 5.27. The molecule has 0 aliphatic carbocycles. The Balaban J connectivity index is 1.82. The number of phenols is 2. The summed E-state index contributed by atoms with van der Waals surface area (Å²) in [5, 5.41) is 19.5. The molecule has 3 aromatic carbocycles. The van der Waals surface area contributed by atoms with Crippen molar-refractivity contribution >= 4 is 5.97 Å². The van der Waals surface area contributed by atoms with Crippen molar-refractivity contribution in [1.82, 2.24) is 0 Å². The van der Waals surface area contributed by atoms with Gasteiger partial charge in [-0.15, -0.1) is 0 Å². The largest absolute Gasteiger partial charge is 0.508 e. The van der Waals surface area contributed by atoms with Crippen LogP contribution in [0.2, 0.25) is 0 Å². The van der Waals surface area contributed by atoms with Gasteiger partial charge in [0.25, 0.3) is 0 Å². The van der Waals surface area contributed by atoms with Gasteiger partial charge in [0.05, 0.1) is 0 Å². The van der Waals surface area contributed by atoms with E-state index in [4.69, 9.17) is 4.74 Å². The lowest BCUT2D eigenvalue weighted by Crippen LogP contribution is -2.09. The van der Waals surface area contributed by atoms with Crippen LogP contribution in [0.3, 0.4) is 0 Å². The van der Waals surface area contributed by atoms with Crippen LogP contribution in [0.1, 0.15) is 21.5 Å². The number of carbonyl (C=O) groups is 1. The minimum Gasteiger partial charge on any atom is -0.508 e. The van der Waals surface area contributed by atoms with Gasteiger partial charge in [-0.25, -0.2) is 4.79 Å². The standard InChI is InChI=1S/C20H16O4/c21-16-6-4-5-14(12-16)11-15-9-10-19(22)18(13-15)20(23)24-17-7-2-1-3-8-17/h1-10,12-13,21-22H,11H2. The molecule has 2 N–H and O–H groups in total. The highest BCUT2D eigenvalue weighted by Crippen LogP contribution is 2.23. The summed E-state index contributed by atoms with van der Waals surface area (Å²) in [5.74, 6) is -0.137. The van der Waals surface area contributed by atoms with Crippen LogP contribution in [0.5, 0.6) is 17.2 Å². The zero-order valence-electron chi connectivity index (χ0n) is 12.8. The van der Waals surface area contributed by atoms with E-state index in [1.807, 2.05) is 12.1 Å². The van der Waals surface area contributed by atoms with Gasteiger partial charge in [-0.1, -0.05) is 36.4 Å². The lowest BCUT2D eigenvalue weighted by Gasteiger charge is -2.09. The third kappa shape index (κ3) is 3.73. The monoisotopic (exact) mass is 320 g/mol. The lowest BCUT2D eigenvalue weighted by atomic mass is 10.0. The molecular weight excluding hydrogens is 304 g/mol. The molecule has 0 radical (unpaired) electrons. The van der Waals surface area contributed by atoms with Crippen molar-refractivity contribution in [3.63, 3.8) is 0 Å². The Labute approximate surface area is 139 Å². The molecule has 24 heavy (non-hydrogen) atoms. The molecule has 4 nitrogen and oxygen atoms in total. The van der Waals surface area contributed by atoms with E-state index in [2.05, 4.69) is 0 Å². The number of ether oxygens (including phenoxy) is 1. The highest BCUT2D eigenvalue weighted by molar-refractivity contribution is 5.94. The summed E-state index contributed by atoms with van der Waals surface area (Å²) in [6, 6.07) is 20.4. The molecule has 3 aromatic rings. The number of aromatic hydroxyl groups is 2. The maximum Gasteiger partial charge on any atom is 0.347 e. The molecule has 0 spiro atoms. The van der Waals surface area contributed by atoms with Gasteiger partial charge in [0.1, 0.15) is 22.8 Å². The van der Waals surface area contributed by atoms with E-state index in [0.29, 0.717) is 12.2 Å². The fourth-order valence-corrected chi connectivity index (χ4v) is 2.41. The van der Waals surface area contributed by atoms with Crippen LogP contribution in [0.25, 0.3) is 0 Å². The zero-order chi connectivity index (χ0) is 16.9. The third-order valence-electron chi connectivity index (χ3n) is 3.55. The molecule has 4 heteroatoms. The maximum absolute atomic E-state index is 12.3. The molecule has 0 fully saturated rings. The molecule has 0 aromatic heterocycles. The van der Waals surface area contributed by atoms with Crippen LogP contribution in [-0.4, -0.2) is 16.2 Å². The van der Waals surface area contributed by atoms with E-state index in [9.17, 15) is 15.0 Å². The molecule has 0 bridgehead atoms. The second kappa shape index (κ2) is 6.87. The van der Waals surface area contributed by atoms with E-state index in [1.54, 1.807) is 54.6 Å². The first kappa shape index (κ1) is 15.6. The Morgan fingerprint density at radius 1 is 0.833 bits per heavy atom. The number of carbonyl (C=O) groups excluding carboxylic acids is 1. The Bertz CT molecular complexity index is 857. The normalized spacial score (nSPS) is 10.3. The van der Waals surface area contributed by atoms with Crippen LogP contribution in [0, 0.1) is 0 Å². The average Bonchev–Trinajstić information content (AvgIpc) is 2.57. The highest BCUT2D eigenvalue weighted by Gasteiger charge is 2.14. The Kier molecular flexibility index (Phi) is 4.47. The number of phenolic OH excluding ortho intramolecular Hbond substituents is 2. The third-order valence-corrected chi connectivity index (χ3v) is 3.55. The molecule has 0 amide bonds. The average molecular weight is 320 g/mol. The molecule has 0 saturated heterocycles. The van der Waals surface area contributed by atoms with Crippen LogP contribution in [0.4, 0.5) is 0 Å². The van der Waals surface area contributed by atoms with Gasteiger partial charge in [-0.2, -0.15) is 0 Å². The van der Waals surface area contributed by atoms with E-state index in [-0.39, 0.29) is 17.1 Å². The molecule has 0 atom stereocenters. The molecule has 0 saturated carbocycles. The summed E-state index contributed by atoms with van der Waals surface area (Å²) >= 11 is 0. The molecule has 0 aliphatic rings. The van der Waals surface area contributed by atoms with Crippen molar-refractivity contribution in [2.45, 2.75) is 6.42 Å². The van der Waals surface area contributed by atoms with Gasteiger partial charge in [0, 0.05) is 0 Å². The van der Waals surface area contributed by atoms with Crippen molar-refractivity contribution in [3.05, 3.63) is 89.5 Å². The van der Waals surface area contributed by atoms with Gasteiger partial charge in [-0.05, 0) is 53.9 Å². The predicted octanol–water partition coefficient (Wildman–Crippen LogP) is 3.91.